The van der Waals surface area contributed by atoms with Gasteiger partial charge in [0.05, 0.1) is 12.3 Å². The van der Waals surface area contributed by atoms with Crippen molar-refractivity contribution in [1.82, 2.24) is 10.2 Å². The van der Waals surface area contributed by atoms with Crippen molar-refractivity contribution in [2.24, 2.45) is 10.9 Å². The van der Waals surface area contributed by atoms with Gasteiger partial charge in [-0.05, 0) is 41.9 Å². The molecule has 0 aliphatic carbocycles. The van der Waals surface area contributed by atoms with Crippen LogP contribution < -0.4 is 5.32 Å². The molecule has 2 unspecified atom stereocenters. The SMILES string of the molecule is CCNC(=NCc1ccc(CS(C)(=O)=O)cc1)N1CCC(c2ccccc2)C(C)C1. The molecule has 1 heterocycles. The first kappa shape index (κ1) is 22.3. The summed E-state index contributed by atoms with van der Waals surface area (Å²) in [4.78, 5) is 7.22. The summed E-state index contributed by atoms with van der Waals surface area (Å²) in [5, 5.41) is 3.44. The zero-order chi connectivity index (χ0) is 21.6. The summed E-state index contributed by atoms with van der Waals surface area (Å²) in [5.41, 5.74) is 3.32. The van der Waals surface area contributed by atoms with Crippen molar-refractivity contribution < 1.29 is 8.42 Å². The topological polar surface area (TPSA) is 61.8 Å². The molecule has 0 spiro atoms. The molecule has 2 aromatic carbocycles. The first-order valence-electron chi connectivity index (χ1n) is 10.7. The Morgan fingerprint density at radius 3 is 2.37 bits per heavy atom. The number of likely N-dealkylation sites (tertiary alicyclic amines) is 1. The van der Waals surface area contributed by atoms with Crippen molar-refractivity contribution in [3.05, 3.63) is 71.3 Å². The van der Waals surface area contributed by atoms with Crippen LogP contribution in [0.4, 0.5) is 0 Å². The molecule has 1 aliphatic rings. The van der Waals surface area contributed by atoms with E-state index in [0.717, 1.165) is 43.1 Å². The maximum atomic E-state index is 11.5. The van der Waals surface area contributed by atoms with E-state index < -0.39 is 9.84 Å². The molecule has 1 N–H and O–H groups in total. The van der Waals surface area contributed by atoms with E-state index in [-0.39, 0.29) is 5.75 Å². The molecule has 5 nitrogen and oxygen atoms in total. The smallest absolute Gasteiger partial charge is 0.194 e. The number of aliphatic imine (C=N–C) groups is 1. The lowest BCUT2D eigenvalue weighted by atomic mass is 9.82. The van der Waals surface area contributed by atoms with Gasteiger partial charge in [0.15, 0.2) is 15.8 Å². The van der Waals surface area contributed by atoms with Crippen LogP contribution in [0.25, 0.3) is 0 Å². The van der Waals surface area contributed by atoms with Gasteiger partial charge in [0.1, 0.15) is 0 Å². The van der Waals surface area contributed by atoms with Crippen molar-refractivity contribution in [3.8, 4) is 0 Å². The highest BCUT2D eigenvalue weighted by atomic mass is 32.2. The minimum absolute atomic E-state index is 0.0768. The summed E-state index contributed by atoms with van der Waals surface area (Å²) < 4.78 is 22.9. The fourth-order valence-corrected chi connectivity index (χ4v) is 4.97. The number of nitrogens with one attached hydrogen (secondary N) is 1. The molecule has 1 fully saturated rings. The lowest BCUT2D eigenvalue weighted by Crippen LogP contribution is -2.48. The van der Waals surface area contributed by atoms with E-state index in [1.54, 1.807) is 0 Å². The van der Waals surface area contributed by atoms with E-state index in [1.807, 2.05) is 24.3 Å². The molecule has 30 heavy (non-hydrogen) atoms. The number of hydrogen-bond acceptors (Lipinski definition) is 3. The van der Waals surface area contributed by atoms with Crippen molar-refractivity contribution in [2.75, 3.05) is 25.9 Å². The van der Waals surface area contributed by atoms with E-state index in [4.69, 9.17) is 4.99 Å². The summed E-state index contributed by atoms with van der Waals surface area (Å²) in [6.45, 7) is 7.80. The van der Waals surface area contributed by atoms with E-state index in [0.29, 0.717) is 18.4 Å². The average Bonchev–Trinajstić information content (AvgIpc) is 2.71. The highest BCUT2D eigenvalue weighted by molar-refractivity contribution is 7.89. The predicted molar refractivity (Wildman–Crippen MR) is 124 cm³/mol. The van der Waals surface area contributed by atoms with Crippen molar-refractivity contribution in [1.29, 1.82) is 0 Å². The van der Waals surface area contributed by atoms with E-state index in [2.05, 4.69) is 54.4 Å². The van der Waals surface area contributed by atoms with Crippen LogP contribution in [0.5, 0.6) is 0 Å². The molecule has 0 aromatic heterocycles. The second-order valence-electron chi connectivity index (χ2n) is 8.29. The number of rotatable bonds is 6. The van der Waals surface area contributed by atoms with Gasteiger partial charge in [0, 0.05) is 25.9 Å². The molecule has 2 aromatic rings. The third kappa shape index (κ3) is 6.33. The normalized spacial score (nSPS) is 20.2. The maximum absolute atomic E-state index is 11.5. The van der Waals surface area contributed by atoms with E-state index in [9.17, 15) is 8.42 Å². The van der Waals surface area contributed by atoms with Crippen molar-refractivity contribution >= 4 is 15.8 Å². The number of nitrogens with zero attached hydrogens (tertiary/aromatic N) is 2. The summed E-state index contributed by atoms with van der Waals surface area (Å²) in [6, 6.07) is 18.5. The van der Waals surface area contributed by atoms with Crippen LogP contribution in [0.3, 0.4) is 0 Å². The summed E-state index contributed by atoms with van der Waals surface area (Å²) in [5.74, 6) is 2.18. The number of piperidine rings is 1. The molecule has 6 heteroatoms. The largest absolute Gasteiger partial charge is 0.357 e. The minimum atomic E-state index is -3.01. The fourth-order valence-electron chi connectivity index (χ4n) is 4.17. The quantitative estimate of drug-likeness (QED) is 0.562. The molecule has 1 saturated heterocycles. The minimum Gasteiger partial charge on any atom is -0.357 e. The third-order valence-corrected chi connectivity index (χ3v) is 6.49. The summed E-state index contributed by atoms with van der Waals surface area (Å²) in [6.07, 6.45) is 2.38. The molecular weight excluding hydrogens is 394 g/mol. The molecule has 1 aliphatic heterocycles. The Balaban J connectivity index is 1.65. The lowest BCUT2D eigenvalue weighted by Gasteiger charge is -2.39. The van der Waals surface area contributed by atoms with Gasteiger partial charge < -0.3 is 10.2 Å². The average molecular weight is 428 g/mol. The van der Waals surface area contributed by atoms with Crippen LogP contribution in [0.15, 0.2) is 59.6 Å². The number of hydrogen-bond donors (Lipinski definition) is 1. The first-order valence-corrected chi connectivity index (χ1v) is 12.8. The highest BCUT2D eigenvalue weighted by Gasteiger charge is 2.28. The maximum Gasteiger partial charge on any atom is 0.194 e. The van der Waals surface area contributed by atoms with Gasteiger partial charge in [0.2, 0.25) is 0 Å². The van der Waals surface area contributed by atoms with Gasteiger partial charge in [-0.15, -0.1) is 0 Å². The van der Waals surface area contributed by atoms with Crippen LogP contribution in [0, 0.1) is 5.92 Å². The predicted octanol–water partition coefficient (Wildman–Crippen LogP) is 3.82. The van der Waals surface area contributed by atoms with Crippen LogP contribution in [-0.4, -0.2) is 45.2 Å². The Hall–Kier alpha value is -2.34. The Labute approximate surface area is 181 Å². The van der Waals surface area contributed by atoms with Gasteiger partial charge >= 0.3 is 0 Å². The highest BCUT2D eigenvalue weighted by Crippen LogP contribution is 2.32. The number of benzene rings is 2. The van der Waals surface area contributed by atoms with E-state index >= 15 is 0 Å². The Kier molecular flexibility index (Phi) is 7.53. The van der Waals surface area contributed by atoms with Gasteiger partial charge in [-0.3, -0.25) is 0 Å². The van der Waals surface area contributed by atoms with Crippen LogP contribution in [0.2, 0.25) is 0 Å². The molecule has 0 bridgehead atoms. The molecular formula is C24H33N3O2S. The van der Waals surface area contributed by atoms with Gasteiger partial charge in [-0.2, -0.15) is 0 Å². The Morgan fingerprint density at radius 1 is 1.10 bits per heavy atom. The second-order valence-corrected chi connectivity index (χ2v) is 10.4. The third-order valence-electron chi connectivity index (χ3n) is 5.63. The van der Waals surface area contributed by atoms with Gasteiger partial charge in [0.25, 0.3) is 0 Å². The lowest BCUT2D eigenvalue weighted by molar-refractivity contribution is 0.234. The molecule has 162 valence electrons. The van der Waals surface area contributed by atoms with E-state index in [1.165, 1.54) is 11.8 Å². The summed E-state index contributed by atoms with van der Waals surface area (Å²) in [7, 11) is -3.01. The number of guanidine groups is 1. The van der Waals surface area contributed by atoms with Gasteiger partial charge in [-0.25, -0.2) is 13.4 Å². The van der Waals surface area contributed by atoms with Crippen LogP contribution in [-0.2, 0) is 22.1 Å². The molecule has 3 rings (SSSR count). The molecule has 0 amide bonds. The van der Waals surface area contributed by atoms with Crippen molar-refractivity contribution in [3.63, 3.8) is 0 Å². The van der Waals surface area contributed by atoms with Crippen LogP contribution in [0.1, 0.15) is 42.9 Å². The van der Waals surface area contributed by atoms with Crippen molar-refractivity contribution in [2.45, 2.75) is 38.5 Å². The standard InChI is InChI=1S/C24H33N3O2S/c1-4-25-24(26-16-20-10-12-21(13-11-20)18-30(3,28)29)27-15-14-23(19(2)17-27)22-8-6-5-7-9-22/h5-13,19,23H,4,14-18H2,1-3H3,(H,25,26). The monoisotopic (exact) mass is 427 g/mol. The first-order chi connectivity index (χ1) is 14.4. The molecule has 0 radical (unpaired) electrons. The summed E-state index contributed by atoms with van der Waals surface area (Å²) >= 11 is 0. The van der Waals surface area contributed by atoms with Gasteiger partial charge in [-0.1, -0.05) is 61.5 Å². The number of sulfone groups is 1. The zero-order valence-electron chi connectivity index (χ0n) is 18.2. The molecule has 2 atom stereocenters. The Morgan fingerprint density at radius 2 is 1.77 bits per heavy atom. The zero-order valence-corrected chi connectivity index (χ0v) is 19.0. The van der Waals surface area contributed by atoms with Crippen LogP contribution >= 0.6 is 0 Å². The second kappa shape index (κ2) is 10.1. The Bertz CT molecular complexity index is 940. The molecule has 0 saturated carbocycles. The fraction of sp³-hybridized carbons (Fsp3) is 0.458.